The van der Waals surface area contributed by atoms with E-state index in [2.05, 4.69) is 10.6 Å². The molecule has 0 bridgehead atoms. The molecule has 0 atom stereocenters. The number of rotatable bonds is 6. The molecule has 0 unspecified atom stereocenters. The molecule has 0 aromatic heterocycles. The number of amides is 3. The number of alkyl halides is 3. The number of nitrogens with one attached hydrogen (secondary N) is 2. The van der Waals surface area contributed by atoms with E-state index in [0.29, 0.717) is 29.4 Å². The van der Waals surface area contributed by atoms with Crippen molar-refractivity contribution in [2.75, 3.05) is 38.0 Å². The molecule has 3 amide bonds. The summed E-state index contributed by atoms with van der Waals surface area (Å²) in [6, 6.07) is 13.9. The Labute approximate surface area is 216 Å². The summed E-state index contributed by atoms with van der Waals surface area (Å²) in [7, 11) is 0. The van der Waals surface area contributed by atoms with Crippen LogP contribution >= 0.6 is 11.6 Å². The van der Waals surface area contributed by atoms with Gasteiger partial charge in [-0.1, -0.05) is 29.8 Å². The van der Waals surface area contributed by atoms with E-state index in [4.69, 9.17) is 21.5 Å². The number of carbonyl (C=O) groups is 4. The maximum Gasteiger partial charge on any atom is 0.490 e. The van der Waals surface area contributed by atoms with Gasteiger partial charge in [0.1, 0.15) is 6.54 Å². The number of aliphatic carboxylic acids is 1. The van der Waals surface area contributed by atoms with Crippen LogP contribution < -0.4 is 10.6 Å². The second-order valence-corrected chi connectivity index (χ2v) is 8.35. The minimum absolute atomic E-state index is 0.0303. The Morgan fingerprint density at radius 3 is 2.14 bits per heavy atom. The molecule has 13 heteroatoms. The lowest BCUT2D eigenvalue weighted by molar-refractivity contribution is -0.192. The molecule has 0 aliphatic carbocycles. The number of anilines is 1. The van der Waals surface area contributed by atoms with Gasteiger partial charge in [-0.15, -0.1) is 0 Å². The quantitative estimate of drug-likeness (QED) is 0.516. The molecule has 1 fully saturated rings. The van der Waals surface area contributed by atoms with Gasteiger partial charge in [-0.3, -0.25) is 14.4 Å². The van der Waals surface area contributed by atoms with Crippen molar-refractivity contribution in [3.8, 4) is 0 Å². The molecule has 0 saturated carbocycles. The van der Waals surface area contributed by atoms with Gasteiger partial charge in [-0.25, -0.2) is 4.79 Å². The number of hydrogen-bond donors (Lipinski definition) is 3. The number of carbonyl (C=O) groups excluding carboxylic acids is 3. The molecule has 3 rings (SSSR count). The van der Waals surface area contributed by atoms with Crippen molar-refractivity contribution in [1.29, 1.82) is 0 Å². The third-order valence-electron chi connectivity index (χ3n) is 5.10. The molecule has 2 aromatic rings. The van der Waals surface area contributed by atoms with Crippen LogP contribution in [0.3, 0.4) is 0 Å². The highest BCUT2D eigenvalue weighted by Gasteiger charge is 2.38. The normalized spacial score (nSPS) is 13.2. The molecule has 1 aliphatic heterocycles. The molecular formula is C24H26ClF3N4O5. The summed E-state index contributed by atoms with van der Waals surface area (Å²) in [5.74, 6) is -3.30. The molecule has 0 radical (unpaired) electrons. The van der Waals surface area contributed by atoms with Crippen molar-refractivity contribution < 1.29 is 37.5 Å². The number of piperazine rings is 1. The second kappa shape index (κ2) is 13.6. The zero-order valence-electron chi connectivity index (χ0n) is 19.8. The standard InChI is InChI=1S/C22H25ClN4O3.C2HF3O2/c1-16(28)25-19-8-6-17(7-9-19)22(30)27(14-18-4-2-3-5-20(18)23)15-21(29)26-12-10-24-11-13-26;3-2(4,5)1(6)7/h2-9,24H,10-15H2,1H3,(H,25,28);(H,6,7). The lowest BCUT2D eigenvalue weighted by Gasteiger charge is -2.30. The average molecular weight is 543 g/mol. The lowest BCUT2D eigenvalue weighted by atomic mass is 10.1. The summed E-state index contributed by atoms with van der Waals surface area (Å²) in [5, 5.41) is 13.6. The first kappa shape index (κ1) is 29.6. The van der Waals surface area contributed by atoms with Crippen molar-refractivity contribution in [2.24, 2.45) is 0 Å². The average Bonchev–Trinajstić information content (AvgIpc) is 2.85. The van der Waals surface area contributed by atoms with Gasteiger partial charge in [0.2, 0.25) is 11.8 Å². The van der Waals surface area contributed by atoms with Crippen LogP contribution in [0.5, 0.6) is 0 Å². The molecule has 9 nitrogen and oxygen atoms in total. The van der Waals surface area contributed by atoms with Gasteiger partial charge in [0.15, 0.2) is 0 Å². The lowest BCUT2D eigenvalue weighted by Crippen LogP contribution is -2.50. The first-order chi connectivity index (χ1) is 17.4. The number of halogens is 4. The van der Waals surface area contributed by atoms with Gasteiger partial charge in [0.25, 0.3) is 5.91 Å². The van der Waals surface area contributed by atoms with Crippen LogP contribution in [0.15, 0.2) is 48.5 Å². The fourth-order valence-electron chi connectivity index (χ4n) is 3.29. The molecule has 1 aliphatic rings. The zero-order valence-corrected chi connectivity index (χ0v) is 20.6. The largest absolute Gasteiger partial charge is 0.490 e. The van der Waals surface area contributed by atoms with Crippen LogP contribution in [0.2, 0.25) is 5.02 Å². The molecule has 2 aromatic carbocycles. The third kappa shape index (κ3) is 9.73. The first-order valence-electron chi connectivity index (χ1n) is 11.1. The maximum absolute atomic E-state index is 13.2. The van der Waals surface area contributed by atoms with Gasteiger partial charge in [-0.05, 0) is 35.9 Å². The topological polar surface area (TPSA) is 119 Å². The zero-order chi connectivity index (χ0) is 27.6. The smallest absolute Gasteiger partial charge is 0.475 e. The highest BCUT2D eigenvalue weighted by molar-refractivity contribution is 6.31. The fourth-order valence-corrected chi connectivity index (χ4v) is 3.49. The van der Waals surface area contributed by atoms with Gasteiger partial charge in [-0.2, -0.15) is 13.2 Å². The van der Waals surface area contributed by atoms with Crippen LogP contribution in [-0.2, 0) is 20.9 Å². The number of carboxylic acid groups (broad SMARTS) is 1. The minimum Gasteiger partial charge on any atom is -0.475 e. The van der Waals surface area contributed by atoms with Crippen molar-refractivity contribution in [2.45, 2.75) is 19.6 Å². The highest BCUT2D eigenvalue weighted by atomic mass is 35.5. The molecule has 3 N–H and O–H groups in total. The van der Waals surface area contributed by atoms with Gasteiger partial charge in [0.05, 0.1) is 0 Å². The molecule has 0 spiro atoms. The first-order valence-corrected chi connectivity index (χ1v) is 11.4. The van der Waals surface area contributed by atoms with Crippen molar-refractivity contribution in [3.05, 3.63) is 64.7 Å². The number of nitrogens with zero attached hydrogens (tertiary/aromatic N) is 2. The molecule has 37 heavy (non-hydrogen) atoms. The summed E-state index contributed by atoms with van der Waals surface area (Å²) < 4.78 is 31.7. The summed E-state index contributed by atoms with van der Waals surface area (Å²) in [4.78, 5) is 49.4. The Balaban J connectivity index is 0.000000604. The van der Waals surface area contributed by atoms with Crippen molar-refractivity contribution >= 4 is 41.0 Å². The maximum atomic E-state index is 13.2. The Hall–Kier alpha value is -3.64. The van der Waals surface area contributed by atoms with E-state index in [9.17, 15) is 27.6 Å². The fraction of sp³-hybridized carbons (Fsp3) is 0.333. The van der Waals surface area contributed by atoms with Crippen LogP contribution in [-0.4, -0.2) is 77.5 Å². The van der Waals surface area contributed by atoms with Crippen LogP contribution in [0, 0.1) is 0 Å². The number of carboxylic acids is 1. The predicted octanol–water partition coefficient (Wildman–Crippen LogP) is 3.01. The SMILES string of the molecule is CC(=O)Nc1ccc(C(=O)N(CC(=O)N2CCNCC2)Cc2ccccc2Cl)cc1.O=C(O)C(F)(F)F. The van der Waals surface area contributed by atoms with Crippen LogP contribution in [0.1, 0.15) is 22.8 Å². The van der Waals surface area contributed by atoms with E-state index in [1.807, 2.05) is 18.2 Å². The third-order valence-corrected chi connectivity index (χ3v) is 5.47. The Kier molecular flexibility index (Phi) is 10.9. The van der Waals surface area contributed by atoms with Gasteiger partial charge >= 0.3 is 12.1 Å². The van der Waals surface area contributed by atoms with Crippen LogP contribution in [0.4, 0.5) is 18.9 Å². The Bertz CT molecular complexity index is 1110. The monoisotopic (exact) mass is 542 g/mol. The summed E-state index contributed by atoms with van der Waals surface area (Å²) >= 11 is 6.29. The van der Waals surface area contributed by atoms with E-state index in [-0.39, 0.29) is 30.8 Å². The van der Waals surface area contributed by atoms with E-state index < -0.39 is 12.1 Å². The molecule has 1 heterocycles. The van der Waals surface area contributed by atoms with Gasteiger partial charge in [0, 0.05) is 55.9 Å². The Morgan fingerprint density at radius 1 is 1.05 bits per heavy atom. The molecule has 200 valence electrons. The number of benzene rings is 2. The van der Waals surface area contributed by atoms with E-state index in [1.54, 1.807) is 35.2 Å². The van der Waals surface area contributed by atoms with Crippen molar-refractivity contribution in [1.82, 2.24) is 15.1 Å². The van der Waals surface area contributed by atoms with Gasteiger partial charge < -0.3 is 25.5 Å². The summed E-state index contributed by atoms with van der Waals surface area (Å²) in [6.45, 7) is 4.35. The molecular weight excluding hydrogens is 517 g/mol. The van der Waals surface area contributed by atoms with Crippen molar-refractivity contribution in [3.63, 3.8) is 0 Å². The second-order valence-electron chi connectivity index (χ2n) is 7.94. The van der Waals surface area contributed by atoms with Crippen LogP contribution in [0.25, 0.3) is 0 Å². The molecule has 1 saturated heterocycles. The number of hydrogen-bond acceptors (Lipinski definition) is 5. The summed E-state index contributed by atoms with van der Waals surface area (Å²) in [5.41, 5.74) is 1.81. The van der Waals surface area contributed by atoms with E-state index in [1.165, 1.54) is 11.8 Å². The minimum atomic E-state index is -5.08. The van der Waals surface area contributed by atoms with E-state index in [0.717, 1.165) is 18.7 Å². The Morgan fingerprint density at radius 2 is 1.62 bits per heavy atom. The summed E-state index contributed by atoms with van der Waals surface area (Å²) in [6.07, 6.45) is -5.08. The predicted molar refractivity (Wildman–Crippen MR) is 130 cm³/mol. The van der Waals surface area contributed by atoms with E-state index >= 15 is 0 Å². The highest BCUT2D eigenvalue weighted by Crippen LogP contribution is 2.19.